The van der Waals surface area contributed by atoms with Crippen LogP contribution < -0.4 is 5.32 Å². The molecule has 2 atom stereocenters. The molecule has 0 aliphatic heterocycles. The van der Waals surface area contributed by atoms with Crippen molar-refractivity contribution in [3.05, 3.63) is 0 Å². The van der Waals surface area contributed by atoms with E-state index in [2.05, 4.69) is 33.0 Å². The van der Waals surface area contributed by atoms with E-state index in [1.54, 1.807) is 0 Å². The first kappa shape index (κ1) is 16.4. The molecule has 0 heterocycles. The van der Waals surface area contributed by atoms with Gasteiger partial charge in [-0.15, -0.1) is 0 Å². The monoisotopic (exact) mass is 243 g/mol. The van der Waals surface area contributed by atoms with E-state index in [-0.39, 0.29) is 16.7 Å². The van der Waals surface area contributed by atoms with Crippen molar-refractivity contribution in [2.45, 2.75) is 61.0 Å². The molecule has 0 saturated carbocycles. The molecule has 0 aliphatic rings. The Hall–Kier alpha value is -0.570. The average molecular weight is 243 g/mol. The molecule has 2 unspecified atom stereocenters. The maximum atomic E-state index is 11.7. The Kier molecular flexibility index (Phi) is 5.66. The molecular weight excluding hydrogens is 214 g/mol. The van der Waals surface area contributed by atoms with E-state index in [4.69, 9.17) is 0 Å². The minimum Gasteiger partial charge on any atom is -0.391 e. The van der Waals surface area contributed by atoms with Crippen molar-refractivity contribution in [2.24, 2.45) is 16.7 Å². The molecule has 102 valence electrons. The molecule has 0 saturated heterocycles. The molecule has 1 amide bonds. The van der Waals surface area contributed by atoms with Gasteiger partial charge < -0.3 is 10.4 Å². The molecule has 0 fully saturated rings. The second-order valence-electron chi connectivity index (χ2n) is 7.16. The van der Waals surface area contributed by atoms with Crippen molar-refractivity contribution in [1.82, 2.24) is 5.32 Å². The zero-order valence-corrected chi connectivity index (χ0v) is 12.4. The van der Waals surface area contributed by atoms with Gasteiger partial charge in [-0.2, -0.15) is 0 Å². The van der Waals surface area contributed by atoms with Gasteiger partial charge >= 0.3 is 0 Å². The summed E-state index contributed by atoms with van der Waals surface area (Å²) in [7, 11) is 0. The lowest BCUT2D eigenvalue weighted by molar-refractivity contribution is -0.123. The van der Waals surface area contributed by atoms with Gasteiger partial charge in [-0.25, -0.2) is 0 Å². The van der Waals surface area contributed by atoms with E-state index in [9.17, 15) is 9.90 Å². The van der Waals surface area contributed by atoms with E-state index in [1.165, 1.54) is 0 Å². The Morgan fingerprint density at radius 3 is 1.94 bits per heavy atom. The molecule has 0 aliphatic carbocycles. The molecule has 2 N–H and O–H groups in total. The number of hydrogen-bond donors (Lipinski definition) is 2. The summed E-state index contributed by atoms with van der Waals surface area (Å²) in [6.45, 7) is 14.7. The molecule has 0 bridgehead atoms. The van der Waals surface area contributed by atoms with Gasteiger partial charge in [-0.1, -0.05) is 48.5 Å². The number of aliphatic hydroxyl groups is 1. The lowest BCUT2D eigenvalue weighted by Gasteiger charge is -2.28. The highest BCUT2D eigenvalue weighted by Gasteiger charge is 2.25. The van der Waals surface area contributed by atoms with Crippen molar-refractivity contribution in [1.29, 1.82) is 0 Å². The number of carbonyl (C=O) groups is 1. The second kappa shape index (κ2) is 5.85. The first-order valence-corrected chi connectivity index (χ1v) is 6.39. The third-order valence-corrected chi connectivity index (χ3v) is 3.46. The van der Waals surface area contributed by atoms with Crippen molar-refractivity contribution in [2.75, 3.05) is 6.54 Å². The molecule has 0 aromatic rings. The van der Waals surface area contributed by atoms with E-state index in [0.717, 1.165) is 0 Å². The molecule has 17 heavy (non-hydrogen) atoms. The molecular formula is C14H29NO2. The predicted molar refractivity (Wildman–Crippen MR) is 71.7 cm³/mol. The van der Waals surface area contributed by atoms with Gasteiger partial charge in [0.15, 0.2) is 0 Å². The molecule has 0 aromatic heterocycles. The lowest BCUT2D eigenvalue weighted by atomic mass is 9.80. The van der Waals surface area contributed by atoms with Gasteiger partial charge in [-0.3, -0.25) is 4.79 Å². The Morgan fingerprint density at radius 2 is 1.59 bits per heavy atom. The number of amides is 1. The topological polar surface area (TPSA) is 49.3 Å². The van der Waals surface area contributed by atoms with Crippen LogP contribution in [0.3, 0.4) is 0 Å². The minimum atomic E-state index is -0.503. The summed E-state index contributed by atoms with van der Waals surface area (Å²) in [5, 5.41) is 12.6. The van der Waals surface area contributed by atoms with E-state index in [1.807, 2.05) is 20.8 Å². The summed E-state index contributed by atoms with van der Waals surface area (Å²) in [6.07, 6.45) is 0.0109. The van der Waals surface area contributed by atoms with Crippen LogP contribution >= 0.6 is 0 Å². The normalized spacial score (nSPS) is 16.5. The van der Waals surface area contributed by atoms with Gasteiger partial charge in [0.05, 0.1) is 6.10 Å². The number of aliphatic hydroxyl groups excluding tert-OH is 1. The highest BCUT2D eigenvalue weighted by atomic mass is 16.3. The molecule has 0 radical (unpaired) electrons. The van der Waals surface area contributed by atoms with Gasteiger partial charge in [0.1, 0.15) is 0 Å². The van der Waals surface area contributed by atoms with Crippen LogP contribution in [0.5, 0.6) is 0 Å². The maximum absolute atomic E-state index is 11.7. The third kappa shape index (κ3) is 6.67. The second-order valence-corrected chi connectivity index (χ2v) is 7.16. The van der Waals surface area contributed by atoms with Crippen LogP contribution in [0.25, 0.3) is 0 Å². The third-order valence-electron chi connectivity index (χ3n) is 3.46. The summed E-state index contributed by atoms with van der Waals surface area (Å²) < 4.78 is 0. The Bertz CT molecular complexity index is 248. The van der Waals surface area contributed by atoms with Crippen molar-refractivity contribution in [3.8, 4) is 0 Å². The van der Waals surface area contributed by atoms with Crippen LogP contribution in [0.2, 0.25) is 0 Å². The first-order chi connectivity index (χ1) is 7.44. The van der Waals surface area contributed by atoms with Crippen LogP contribution in [0.1, 0.15) is 54.9 Å². The largest absolute Gasteiger partial charge is 0.391 e. The van der Waals surface area contributed by atoms with Crippen LogP contribution in [-0.4, -0.2) is 23.7 Å². The molecule has 0 aromatic carbocycles. The summed E-state index contributed by atoms with van der Waals surface area (Å²) in [6, 6.07) is 0. The summed E-state index contributed by atoms with van der Waals surface area (Å²) in [5.74, 6) is 0.352. The molecule has 0 spiro atoms. The number of hydrogen-bond acceptors (Lipinski definition) is 2. The van der Waals surface area contributed by atoms with Crippen LogP contribution in [0, 0.1) is 16.7 Å². The van der Waals surface area contributed by atoms with Gasteiger partial charge in [0, 0.05) is 13.0 Å². The van der Waals surface area contributed by atoms with Crippen molar-refractivity contribution >= 4 is 5.91 Å². The van der Waals surface area contributed by atoms with E-state index in [0.29, 0.717) is 18.9 Å². The van der Waals surface area contributed by atoms with Crippen LogP contribution in [0.4, 0.5) is 0 Å². The summed E-state index contributed by atoms with van der Waals surface area (Å²) in [4.78, 5) is 11.7. The fourth-order valence-electron chi connectivity index (χ4n) is 1.17. The number of rotatable bonds is 4. The fraction of sp³-hybridized carbons (Fsp3) is 0.929. The quantitative estimate of drug-likeness (QED) is 0.797. The zero-order chi connectivity index (χ0) is 13.9. The molecule has 3 heteroatoms. The molecule has 0 rings (SSSR count). The Labute approximate surface area is 106 Å². The Balaban J connectivity index is 4.05. The van der Waals surface area contributed by atoms with E-state index >= 15 is 0 Å². The maximum Gasteiger partial charge on any atom is 0.220 e. The molecule has 3 nitrogen and oxygen atoms in total. The fourth-order valence-corrected chi connectivity index (χ4v) is 1.17. The Morgan fingerprint density at radius 1 is 1.12 bits per heavy atom. The minimum absolute atomic E-state index is 0.0238. The standard InChI is InChI=1S/C14H29NO2/c1-10(13(2,3)4)8-12(17)15-9-11(16)14(5,6)7/h10-11,16H,8-9H2,1-7H3,(H,15,17). The van der Waals surface area contributed by atoms with Gasteiger partial charge in [0.25, 0.3) is 0 Å². The predicted octanol–water partition coefficient (Wildman–Crippen LogP) is 2.58. The lowest BCUT2D eigenvalue weighted by Crippen LogP contribution is -2.40. The average Bonchev–Trinajstić information content (AvgIpc) is 2.10. The van der Waals surface area contributed by atoms with Crippen LogP contribution in [-0.2, 0) is 4.79 Å². The highest BCUT2D eigenvalue weighted by Crippen LogP contribution is 2.27. The number of carbonyl (C=O) groups excluding carboxylic acids is 1. The highest BCUT2D eigenvalue weighted by molar-refractivity contribution is 5.76. The SMILES string of the molecule is CC(CC(=O)NCC(O)C(C)(C)C)C(C)(C)C. The first-order valence-electron chi connectivity index (χ1n) is 6.39. The van der Waals surface area contributed by atoms with Crippen molar-refractivity contribution < 1.29 is 9.90 Å². The summed E-state index contributed by atoms with van der Waals surface area (Å²) >= 11 is 0. The smallest absolute Gasteiger partial charge is 0.220 e. The summed E-state index contributed by atoms with van der Waals surface area (Å²) in [5.41, 5.74) is -0.0527. The van der Waals surface area contributed by atoms with Crippen LogP contribution in [0.15, 0.2) is 0 Å². The van der Waals surface area contributed by atoms with Gasteiger partial charge in [-0.05, 0) is 16.7 Å². The number of nitrogens with one attached hydrogen (secondary N) is 1. The van der Waals surface area contributed by atoms with E-state index < -0.39 is 6.10 Å². The van der Waals surface area contributed by atoms with Crippen molar-refractivity contribution in [3.63, 3.8) is 0 Å². The van der Waals surface area contributed by atoms with Gasteiger partial charge in [0.2, 0.25) is 5.91 Å². The zero-order valence-electron chi connectivity index (χ0n) is 12.4.